The highest BCUT2D eigenvalue weighted by Crippen LogP contribution is 2.19. The minimum atomic E-state index is -0.401. The molecule has 1 amide bonds. The molecule has 6 heteroatoms. The lowest BCUT2D eigenvalue weighted by atomic mass is 9.88. The average Bonchev–Trinajstić information content (AvgIpc) is 2.25. The van der Waals surface area contributed by atoms with E-state index in [1.54, 1.807) is 0 Å². The molecule has 0 saturated heterocycles. The molecule has 0 aromatic rings. The molecule has 19 heavy (non-hydrogen) atoms. The third-order valence-corrected chi connectivity index (χ3v) is 2.89. The van der Waals surface area contributed by atoms with E-state index in [0.717, 1.165) is 0 Å². The summed E-state index contributed by atoms with van der Waals surface area (Å²) in [6, 6.07) is -0.276. The first kappa shape index (κ1) is 17.7. The van der Waals surface area contributed by atoms with Gasteiger partial charge in [0, 0.05) is 11.0 Å². The Bertz CT molecular complexity index is 332. The fourth-order valence-corrected chi connectivity index (χ4v) is 1.44. The van der Waals surface area contributed by atoms with Gasteiger partial charge < -0.3 is 21.6 Å². The summed E-state index contributed by atoms with van der Waals surface area (Å²) < 4.78 is 0. The number of carbonyl (C=O) groups is 1. The van der Waals surface area contributed by atoms with Gasteiger partial charge in [0.15, 0.2) is 0 Å². The summed E-state index contributed by atoms with van der Waals surface area (Å²) in [5, 5.41) is 17.7. The molecule has 0 aliphatic rings. The van der Waals surface area contributed by atoms with Crippen LogP contribution in [0.4, 0.5) is 0 Å². The van der Waals surface area contributed by atoms with Crippen molar-refractivity contribution < 1.29 is 10.0 Å². The summed E-state index contributed by atoms with van der Waals surface area (Å²) in [7, 11) is 0. The van der Waals surface area contributed by atoms with Gasteiger partial charge in [0.1, 0.15) is 5.84 Å². The van der Waals surface area contributed by atoms with E-state index in [1.165, 1.54) is 0 Å². The van der Waals surface area contributed by atoms with Crippen LogP contribution in [0.2, 0.25) is 0 Å². The molecule has 1 unspecified atom stereocenters. The second kappa shape index (κ2) is 6.75. The second-order valence-corrected chi connectivity index (χ2v) is 6.53. The van der Waals surface area contributed by atoms with Crippen molar-refractivity contribution in [3.05, 3.63) is 0 Å². The molecular formula is C13H28N4O2. The molecule has 0 aromatic heterocycles. The zero-order chi connectivity index (χ0) is 15.3. The average molecular weight is 272 g/mol. The third kappa shape index (κ3) is 7.00. The highest BCUT2D eigenvalue weighted by atomic mass is 16.4. The van der Waals surface area contributed by atoms with E-state index < -0.39 is 5.41 Å². The zero-order valence-electron chi connectivity index (χ0n) is 12.9. The predicted molar refractivity (Wildman–Crippen MR) is 77.2 cm³/mol. The second-order valence-electron chi connectivity index (χ2n) is 6.53. The highest BCUT2D eigenvalue weighted by molar-refractivity contribution is 5.85. The molecule has 0 aromatic carbocycles. The zero-order valence-corrected chi connectivity index (χ0v) is 12.9. The Morgan fingerprint density at radius 1 is 1.32 bits per heavy atom. The predicted octanol–water partition coefficient (Wildman–Crippen LogP) is 1.04. The van der Waals surface area contributed by atoms with E-state index in [9.17, 15) is 4.79 Å². The van der Waals surface area contributed by atoms with Crippen molar-refractivity contribution in [1.29, 1.82) is 0 Å². The van der Waals surface area contributed by atoms with Crippen molar-refractivity contribution in [2.75, 3.05) is 6.54 Å². The number of rotatable bonds is 6. The van der Waals surface area contributed by atoms with Crippen molar-refractivity contribution >= 4 is 11.7 Å². The van der Waals surface area contributed by atoms with Crippen molar-refractivity contribution in [3.8, 4) is 0 Å². The quantitative estimate of drug-likeness (QED) is 0.251. The van der Waals surface area contributed by atoms with E-state index in [4.69, 9.17) is 10.9 Å². The summed E-state index contributed by atoms with van der Waals surface area (Å²) >= 11 is 0. The van der Waals surface area contributed by atoms with Crippen LogP contribution in [0.3, 0.4) is 0 Å². The molecule has 112 valence electrons. The molecule has 0 rings (SSSR count). The highest BCUT2D eigenvalue weighted by Gasteiger charge is 2.24. The van der Waals surface area contributed by atoms with Crippen LogP contribution >= 0.6 is 0 Å². The molecule has 0 heterocycles. The van der Waals surface area contributed by atoms with E-state index in [0.29, 0.717) is 13.0 Å². The summed E-state index contributed by atoms with van der Waals surface area (Å²) in [6.07, 6.45) is 0.677. The maximum atomic E-state index is 11.8. The SMILES string of the molecule is CC(NCCC(C)(C)C(N)=NO)C(=O)NC(C)(C)C. The Balaban J connectivity index is 4.18. The van der Waals surface area contributed by atoms with Crippen molar-refractivity contribution in [1.82, 2.24) is 10.6 Å². The molecule has 0 fully saturated rings. The number of nitrogens with one attached hydrogen (secondary N) is 2. The number of carbonyl (C=O) groups excluding carboxylic acids is 1. The molecule has 0 saturated carbocycles. The van der Waals surface area contributed by atoms with Gasteiger partial charge in [-0.3, -0.25) is 4.79 Å². The van der Waals surface area contributed by atoms with Crippen LogP contribution in [0, 0.1) is 5.41 Å². The van der Waals surface area contributed by atoms with E-state index in [2.05, 4.69) is 15.8 Å². The summed E-state index contributed by atoms with van der Waals surface area (Å²) in [4.78, 5) is 11.8. The number of amidine groups is 1. The third-order valence-electron chi connectivity index (χ3n) is 2.89. The Hall–Kier alpha value is -1.30. The van der Waals surface area contributed by atoms with Crippen molar-refractivity contribution in [2.45, 2.75) is 59.5 Å². The minimum absolute atomic E-state index is 0.0332. The molecule has 6 nitrogen and oxygen atoms in total. The molecule has 5 N–H and O–H groups in total. The maximum Gasteiger partial charge on any atom is 0.237 e. The fourth-order valence-electron chi connectivity index (χ4n) is 1.44. The van der Waals surface area contributed by atoms with Gasteiger partial charge in [-0.2, -0.15) is 0 Å². The fraction of sp³-hybridized carbons (Fsp3) is 0.846. The molecular weight excluding hydrogens is 244 g/mol. The lowest BCUT2D eigenvalue weighted by Gasteiger charge is -2.26. The Morgan fingerprint density at radius 2 is 1.84 bits per heavy atom. The maximum absolute atomic E-state index is 11.8. The van der Waals surface area contributed by atoms with Crippen LogP contribution in [-0.2, 0) is 4.79 Å². The van der Waals surface area contributed by atoms with Crippen LogP contribution in [0.5, 0.6) is 0 Å². The standard InChI is InChI=1S/C13H28N4O2/c1-9(10(18)16-12(2,3)4)15-8-7-13(5,6)11(14)17-19/h9,15,19H,7-8H2,1-6H3,(H2,14,17)(H,16,18). The van der Waals surface area contributed by atoms with Gasteiger partial charge >= 0.3 is 0 Å². The minimum Gasteiger partial charge on any atom is -0.409 e. The van der Waals surface area contributed by atoms with Gasteiger partial charge in [-0.05, 0) is 40.7 Å². The Morgan fingerprint density at radius 3 is 2.26 bits per heavy atom. The first-order valence-electron chi connectivity index (χ1n) is 6.53. The number of oxime groups is 1. The number of nitrogens with two attached hydrogens (primary N) is 1. The molecule has 0 aliphatic heterocycles. The first-order chi connectivity index (χ1) is 8.49. The van der Waals surface area contributed by atoms with Crippen LogP contribution < -0.4 is 16.4 Å². The summed E-state index contributed by atoms with van der Waals surface area (Å²) in [6.45, 7) is 12.0. The van der Waals surface area contributed by atoms with E-state index in [-0.39, 0.29) is 23.3 Å². The summed E-state index contributed by atoms with van der Waals surface area (Å²) in [5.74, 6) is 0.162. The van der Waals surface area contributed by atoms with Gasteiger partial charge in [0.05, 0.1) is 6.04 Å². The van der Waals surface area contributed by atoms with E-state index >= 15 is 0 Å². The topological polar surface area (TPSA) is 99.7 Å². The number of hydrogen-bond acceptors (Lipinski definition) is 4. The molecule has 0 aliphatic carbocycles. The van der Waals surface area contributed by atoms with Gasteiger partial charge in [-0.25, -0.2) is 0 Å². The van der Waals surface area contributed by atoms with Gasteiger partial charge in [0.2, 0.25) is 5.91 Å². The largest absolute Gasteiger partial charge is 0.409 e. The van der Waals surface area contributed by atoms with Crippen molar-refractivity contribution in [3.63, 3.8) is 0 Å². The van der Waals surface area contributed by atoms with Gasteiger partial charge in [0.25, 0.3) is 0 Å². The number of nitrogens with zero attached hydrogens (tertiary/aromatic N) is 1. The smallest absolute Gasteiger partial charge is 0.237 e. The van der Waals surface area contributed by atoms with Crippen LogP contribution in [0.15, 0.2) is 5.16 Å². The van der Waals surface area contributed by atoms with E-state index in [1.807, 2.05) is 41.5 Å². The first-order valence-corrected chi connectivity index (χ1v) is 6.53. The Kier molecular flexibility index (Phi) is 6.29. The monoisotopic (exact) mass is 272 g/mol. The lowest BCUT2D eigenvalue weighted by molar-refractivity contribution is -0.124. The summed E-state index contributed by atoms with van der Waals surface area (Å²) in [5.41, 5.74) is 4.97. The molecule has 1 atom stereocenters. The number of amides is 1. The van der Waals surface area contributed by atoms with Crippen molar-refractivity contribution in [2.24, 2.45) is 16.3 Å². The normalized spacial score (nSPS) is 15.2. The van der Waals surface area contributed by atoms with Gasteiger partial charge in [-0.15, -0.1) is 0 Å². The number of hydrogen-bond donors (Lipinski definition) is 4. The lowest BCUT2D eigenvalue weighted by Crippen LogP contribution is -2.50. The molecule has 0 radical (unpaired) electrons. The van der Waals surface area contributed by atoms with Crippen LogP contribution in [0.1, 0.15) is 48.0 Å². The van der Waals surface area contributed by atoms with Crippen LogP contribution in [-0.4, -0.2) is 35.1 Å². The van der Waals surface area contributed by atoms with Gasteiger partial charge in [-0.1, -0.05) is 19.0 Å². The molecule has 0 bridgehead atoms. The Labute approximate surface area is 115 Å². The van der Waals surface area contributed by atoms with Crippen LogP contribution in [0.25, 0.3) is 0 Å². The molecule has 0 spiro atoms.